The molecule has 0 aliphatic rings. The molecule has 0 unspecified atom stereocenters. The van der Waals surface area contributed by atoms with Crippen LogP contribution in [-0.2, 0) is 13.0 Å². The zero-order valence-electron chi connectivity index (χ0n) is 10.3. The van der Waals surface area contributed by atoms with Crippen LogP contribution in [0.2, 0.25) is 0 Å². The summed E-state index contributed by atoms with van der Waals surface area (Å²) in [6.45, 7) is 1.97. The molecule has 0 aliphatic carbocycles. The van der Waals surface area contributed by atoms with Crippen LogP contribution in [0.4, 0.5) is 5.69 Å². The minimum atomic E-state index is 0.718. The number of hydrogen-bond donors (Lipinski definition) is 1. The number of nitrogen functional groups attached to an aromatic ring is 1. The summed E-state index contributed by atoms with van der Waals surface area (Å²) in [7, 11) is 2.13. The standard InChI is InChI=1S/C13H16BrN3S/c1-17(8-13-6-10(14)9-18-13)5-4-12-3-2-11(15)7-16-12/h2-3,6-7,9H,4-5,8,15H2,1H3. The summed E-state index contributed by atoms with van der Waals surface area (Å²) >= 11 is 5.26. The molecule has 96 valence electrons. The summed E-state index contributed by atoms with van der Waals surface area (Å²) < 4.78 is 1.16. The van der Waals surface area contributed by atoms with E-state index in [-0.39, 0.29) is 0 Å². The molecular formula is C13H16BrN3S. The van der Waals surface area contributed by atoms with Gasteiger partial charge in [-0.05, 0) is 41.2 Å². The third kappa shape index (κ3) is 4.08. The Hall–Kier alpha value is -0.910. The Labute approximate surface area is 120 Å². The van der Waals surface area contributed by atoms with Crippen molar-refractivity contribution in [3.05, 3.63) is 44.8 Å². The van der Waals surface area contributed by atoms with Gasteiger partial charge in [-0.2, -0.15) is 0 Å². The van der Waals surface area contributed by atoms with E-state index in [1.165, 1.54) is 4.88 Å². The fourth-order valence-electron chi connectivity index (χ4n) is 1.67. The number of thiophene rings is 1. The van der Waals surface area contributed by atoms with Crippen LogP contribution in [0.25, 0.3) is 0 Å². The summed E-state index contributed by atoms with van der Waals surface area (Å²) in [6, 6.07) is 6.06. The van der Waals surface area contributed by atoms with Crippen molar-refractivity contribution < 1.29 is 0 Å². The minimum absolute atomic E-state index is 0.718. The van der Waals surface area contributed by atoms with Gasteiger partial charge in [-0.25, -0.2) is 0 Å². The first-order valence-electron chi connectivity index (χ1n) is 5.75. The lowest BCUT2D eigenvalue weighted by Crippen LogP contribution is -2.20. The number of pyridine rings is 1. The molecule has 0 amide bonds. The van der Waals surface area contributed by atoms with Gasteiger partial charge in [0.1, 0.15) is 0 Å². The molecular weight excluding hydrogens is 310 g/mol. The summed E-state index contributed by atoms with van der Waals surface area (Å²) in [4.78, 5) is 7.98. The average Bonchev–Trinajstić information content (AvgIpc) is 2.74. The van der Waals surface area contributed by atoms with Crippen molar-refractivity contribution in [2.24, 2.45) is 0 Å². The number of anilines is 1. The molecule has 18 heavy (non-hydrogen) atoms. The highest BCUT2D eigenvalue weighted by Crippen LogP contribution is 2.20. The van der Waals surface area contributed by atoms with Crippen molar-refractivity contribution in [3.8, 4) is 0 Å². The van der Waals surface area contributed by atoms with Gasteiger partial charge in [-0.3, -0.25) is 4.98 Å². The van der Waals surface area contributed by atoms with Crippen molar-refractivity contribution in [1.82, 2.24) is 9.88 Å². The van der Waals surface area contributed by atoms with Crippen LogP contribution >= 0.6 is 27.3 Å². The van der Waals surface area contributed by atoms with E-state index in [0.717, 1.165) is 35.4 Å². The third-order valence-corrected chi connectivity index (χ3v) is 4.33. The van der Waals surface area contributed by atoms with Gasteiger partial charge in [0.15, 0.2) is 0 Å². The molecule has 2 heterocycles. The van der Waals surface area contributed by atoms with E-state index < -0.39 is 0 Å². The van der Waals surface area contributed by atoms with Crippen molar-refractivity contribution in [3.63, 3.8) is 0 Å². The maximum absolute atomic E-state index is 5.61. The lowest BCUT2D eigenvalue weighted by atomic mass is 10.2. The predicted molar refractivity (Wildman–Crippen MR) is 80.7 cm³/mol. The number of hydrogen-bond acceptors (Lipinski definition) is 4. The second kappa shape index (κ2) is 6.31. The van der Waals surface area contributed by atoms with E-state index in [1.54, 1.807) is 17.5 Å². The Kier molecular flexibility index (Phi) is 4.74. The van der Waals surface area contributed by atoms with Crippen molar-refractivity contribution in [1.29, 1.82) is 0 Å². The van der Waals surface area contributed by atoms with Crippen molar-refractivity contribution in [2.45, 2.75) is 13.0 Å². The van der Waals surface area contributed by atoms with Crippen LogP contribution in [0.5, 0.6) is 0 Å². The largest absolute Gasteiger partial charge is 0.397 e. The van der Waals surface area contributed by atoms with Gasteiger partial charge in [0.2, 0.25) is 0 Å². The first-order chi connectivity index (χ1) is 8.63. The van der Waals surface area contributed by atoms with E-state index in [1.807, 2.05) is 12.1 Å². The van der Waals surface area contributed by atoms with Gasteiger partial charge in [0.25, 0.3) is 0 Å². The molecule has 0 fully saturated rings. The van der Waals surface area contributed by atoms with Gasteiger partial charge >= 0.3 is 0 Å². The molecule has 0 atom stereocenters. The normalized spacial score (nSPS) is 11.1. The molecule has 2 rings (SSSR count). The highest BCUT2D eigenvalue weighted by atomic mass is 79.9. The van der Waals surface area contributed by atoms with Gasteiger partial charge in [-0.1, -0.05) is 0 Å². The predicted octanol–water partition coefficient (Wildman–Crippen LogP) is 3.16. The number of nitrogens with zero attached hydrogens (tertiary/aromatic N) is 2. The Balaban J connectivity index is 1.81. The van der Waals surface area contributed by atoms with E-state index in [2.05, 4.69) is 44.3 Å². The Morgan fingerprint density at radius 2 is 2.28 bits per heavy atom. The summed E-state index contributed by atoms with van der Waals surface area (Å²) in [6.07, 6.45) is 2.66. The van der Waals surface area contributed by atoms with Crippen LogP contribution in [0.1, 0.15) is 10.6 Å². The third-order valence-electron chi connectivity index (χ3n) is 2.64. The Morgan fingerprint density at radius 3 is 2.89 bits per heavy atom. The number of aromatic nitrogens is 1. The lowest BCUT2D eigenvalue weighted by molar-refractivity contribution is 0.333. The summed E-state index contributed by atoms with van der Waals surface area (Å²) in [5.41, 5.74) is 7.42. The van der Waals surface area contributed by atoms with E-state index in [9.17, 15) is 0 Å². The molecule has 0 aliphatic heterocycles. The molecule has 0 bridgehead atoms. The SMILES string of the molecule is CN(CCc1ccc(N)cn1)Cc1cc(Br)cs1. The fraction of sp³-hybridized carbons (Fsp3) is 0.308. The highest BCUT2D eigenvalue weighted by molar-refractivity contribution is 9.10. The first kappa shape index (κ1) is 13.5. The van der Waals surface area contributed by atoms with E-state index >= 15 is 0 Å². The van der Waals surface area contributed by atoms with Crippen LogP contribution in [-0.4, -0.2) is 23.5 Å². The Bertz CT molecular complexity index is 495. The number of halogens is 1. The van der Waals surface area contributed by atoms with E-state index in [0.29, 0.717) is 0 Å². The minimum Gasteiger partial charge on any atom is -0.397 e. The van der Waals surface area contributed by atoms with E-state index in [4.69, 9.17) is 5.73 Å². The zero-order valence-corrected chi connectivity index (χ0v) is 12.7. The van der Waals surface area contributed by atoms with Crippen LogP contribution < -0.4 is 5.73 Å². The number of likely N-dealkylation sites (N-methyl/N-ethyl adjacent to an activating group) is 1. The molecule has 2 aromatic heterocycles. The molecule has 0 saturated heterocycles. The molecule has 2 N–H and O–H groups in total. The number of nitrogens with two attached hydrogens (primary N) is 1. The smallest absolute Gasteiger partial charge is 0.0501 e. The summed E-state index contributed by atoms with van der Waals surface area (Å²) in [5.74, 6) is 0. The molecule has 0 spiro atoms. The molecule has 0 saturated carbocycles. The Morgan fingerprint density at radius 1 is 1.44 bits per heavy atom. The van der Waals surface area contributed by atoms with Crippen LogP contribution in [0, 0.1) is 0 Å². The van der Waals surface area contributed by atoms with Gasteiger partial charge in [0, 0.05) is 39.9 Å². The second-order valence-electron chi connectivity index (χ2n) is 4.30. The zero-order chi connectivity index (χ0) is 13.0. The average molecular weight is 326 g/mol. The fourth-order valence-corrected chi connectivity index (χ4v) is 3.20. The molecule has 2 aromatic rings. The first-order valence-corrected chi connectivity index (χ1v) is 7.42. The molecule has 3 nitrogen and oxygen atoms in total. The number of rotatable bonds is 5. The van der Waals surface area contributed by atoms with Crippen molar-refractivity contribution >= 4 is 33.0 Å². The quantitative estimate of drug-likeness (QED) is 0.918. The lowest BCUT2D eigenvalue weighted by Gasteiger charge is -2.15. The second-order valence-corrected chi connectivity index (χ2v) is 6.21. The molecule has 0 aromatic carbocycles. The maximum Gasteiger partial charge on any atom is 0.0501 e. The van der Waals surface area contributed by atoms with Gasteiger partial charge in [0.05, 0.1) is 11.9 Å². The van der Waals surface area contributed by atoms with Crippen molar-refractivity contribution in [2.75, 3.05) is 19.3 Å². The van der Waals surface area contributed by atoms with Gasteiger partial charge < -0.3 is 10.6 Å². The van der Waals surface area contributed by atoms with Crippen LogP contribution in [0.15, 0.2) is 34.2 Å². The van der Waals surface area contributed by atoms with Crippen LogP contribution in [0.3, 0.4) is 0 Å². The molecule has 5 heteroatoms. The van der Waals surface area contributed by atoms with Gasteiger partial charge in [-0.15, -0.1) is 11.3 Å². The topological polar surface area (TPSA) is 42.1 Å². The monoisotopic (exact) mass is 325 g/mol. The summed E-state index contributed by atoms with van der Waals surface area (Å²) in [5, 5.41) is 2.12. The maximum atomic E-state index is 5.61. The molecule has 0 radical (unpaired) electrons. The highest BCUT2D eigenvalue weighted by Gasteiger charge is 2.04.